The van der Waals surface area contributed by atoms with E-state index in [1.165, 1.54) is 0 Å². The number of halogens is 2. The van der Waals surface area contributed by atoms with Gasteiger partial charge >= 0.3 is 0 Å². The van der Waals surface area contributed by atoms with E-state index >= 15 is 0 Å². The van der Waals surface area contributed by atoms with E-state index in [4.69, 9.17) is 34.7 Å². The van der Waals surface area contributed by atoms with E-state index < -0.39 is 12.1 Å². The molecular weight excluding hydrogens is 325 g/mol. The Kier molecular flexibility index (Phi) is 8.42. The molecule has 0 bridgehead atoms. The molecule has 0 saturated carbocycles. The zero-order chi connectivity index (χ0) is 16.5. The van der Waals surface area contributed by atoms with E-state index in [0.29, 0.717) is 34.9 Å². The fraction of sp³-hybridized carbons (Fsp3) is 0.467. The molecule has 7 heteroatoms. The molecule has 0 aliphatic heterocycles. The van der Waals surface area contributed by atoms with Crippen molar-refractivity contribution < 1.29 is 9.59 Å². The molecule has 0 spiro atoms. The summed E-state index contributed by atoms with van der Waals surface area (Å²) in [5, 5.41) is 3.64. The molecule has 0 heterocycles. The zero-order valence-electron chi connectivity index (χ0n) is 12.2. The standard InChI is InChI=1S/C15H21Cl2N3O2/c16-11-4-5-13(17)10(7-11)8-12(9-21)20-15(22)14(19)3-1-2-6-18/h4-5,7,9,12,14H,1-3,6,8,18-19H2,(H,20,22)/t12-,14-/m0/s1. The van der Waals surface area contributed by atoms with Gasteiger partial charge in [0, 0.05) is 16.5 Å². The van der Waals surface area contributed by atoms with Crippen LogP contribution >= 0.6 is 23.2 Å². The van der Waals surface area contributed by atoms with E-state index in [0.717, 1.165) is 12.8 Å². The van der Waals surface area contributed by atoms with Crippen LogP contribution in [0.4, 0.5) is 0 Å². The van der Waals surface area contributed by atoms with Crippen LogP contribution in [0.15, 0.2) is 18.2 Å². The Labute approximate surface area is 140 Å². The Morgan fingerprint density at radius 1 is 1.32 bits per heavy atom. The Bertz CT molecular complexity index is 512. The van der Waals surface area contributed by atoms with Crippen molar-refractivity contribution >= 4 is 35.4 Å². The Morgan fingerprint density at radius 3 is 2.68 bits per heavy atom. The molecule has 0 fully saturated rings. The third-order valence-corrected chi connectivity index (χ3v) is 3.85. The predicted octanol–water partition coefficient (Wildman–Crippen LogP) is 1.68. The lowest BCUT2D eigenvalue weighted by Gasteiger charge is -2.17. The Balaban J connectivity index is 2.59. The van der Waals surface area contributed by atoms with Crippen LogP contribution in [0.2, 0.25) is 10.0 Å². The van der Waals surface area contributed by atoms with E-state index in [-0.39, 0.29) is 12.3 Å². The normalized spacial score (nSPS) is 13.5. The van der Waals surface area contributed by atoms with Gasteiger partial charge in [0.25, 0.3) is 0 Å². The topological polar surface area (TPSA) is 98.2 Å². The Hall–Kier alpha value is -1.14. The summed E-state index contributed by atoms with van der Waals surface area (Å²) in [5.74, 6) is -0.354. The van der Waals surface area contributed by atoms with Crippen LogP contribution in [0.25, 0.3) is 0 Å². The first-order valence-corrected chi connectivity index (χ1v) is 7.88. The quantitative estimate of drug-likeness (QED) is 0.468. The SMILES string of the molecule is NCCCC[C@H](N)C(=O)N[C@H](C=O)Cc1cc(Cl)ccc1Cl. The lowest BCUT2D eigenvalue weighted by atomic mass is 10.1. The minimum Gasteiger partial charge on any atom is -0.345 e. The van der Waals surface area contributed by atoms with Gasteiger partial charge in [-0.3, -0.25) is 4.79 Å². The van der Waals surface area contributed by atoms with Crippen LogP contribution in [0.1, 0.15) is 24.8 Å². The third kappa shape index (κ3) is 6.32. The molecule has 0 radical (unpaired) electrons. The second-order valence-corrected chi connectivity index (χ2v) is 5.93. The summed E-state index contributed by atoms with van der Waals surface area (Å²) < 4.78 is 0. The number of hydrogen-bond acceptors (Lipinski definition) is 4. The summed E-state index contributed by atoms with van der Waals surface area (Å²) in [7, 11) is 0. The first-order chi connectivity index (χ1) is 10.5. The average Bonchev–Trinajstić information content (AvgIpc) is 2.50. The van der Waals surface area contributed by atoms with E-state index in [1.807, 2.05) is 0 Å². The number of hydrogen-bond donors (Lipinski definition) is 3. The highest BCUT2D eigenvalue weighted by molar-refractivity contribution is 6.33. The molecule has 0 saturated heterocycles. The molecule has 5 N–H and O–H groups in total. The minimum absolute atomic E-state index is 0.268. The smallest absolute Gasteiger partial charge is 0.237 e. The molecule has 1 aromatic rings. The number of rotatable bonds is 9. The van der Waals surface area contributed by atoms with Crippen LogP contribution in [0, 0.1) is 0 Å². The molecule has 22 heavy (non-hydrogen) atoms. The van der Waals surface area contributed by atoms with Crippen molar-refractivity contribution in [1.82, 2.24) is 5.32 Å². The maximum absolute atomic E-state index is 12.0. The van der Waals surface area contributed by atoms with Crippen molar-refractivity contribution in [2.45, 2.75) is 37.8 Å². The van der Waals surface area contributed by atoms with E-state index in [2.05, 4.69) is 5.32 Å². The van der Waals surface area contributed by atoms with Gasteiger partial charge in [-0.15, -0.1) is 0 Å². The highest BCUT2D eigenvalue weighted by Crippen LogP contribution is 2.21. The average molecular weight is 346 g/mol. The van der Waals surface area contributed by atoms with Crippen LogP contribution in [-0.4, -0.2) is 30.8 Å². The van der Waals surface area contributed by atoms with Crippen LogP contribution in [-0.2, 0) is 16.0 Å². The van der Waals surface area contributed by atoms with Gasteiger partial charge in [-0.05, 0) is 43.1 Å². The fourth-order valence-corrected chi connectivity index (χ4v) is 2.39. The number of amides is 1. The fourth-order valence-electron chi connectivity index (χ4n) is 2.00. The molecule has 1 rings (SSSR count). The number of nitrogens with two attached hydrogens (primary N) is 2. The molecule has 0 aromatic heterocycles. The highest BCUT2D eigenvalue weighted by Gasteiger charge is 2.18. The van der Waals surface area contributed by atoms with E-state index in [1.54, 1.807) is 18.2 Å². The van der Waals surface area contributed by atoms with Crippen molar-refractivity contribution in [3.63, 3.8) is 0 Å². The largest absolute Gasteiger partial charge is 0.345 e. The molecular formula is C15H21Cl2N3O2. The van der Waals surface area contributed by atoms with Crippen LogP contribution in [0.5, 0.6) is 0 Å². The number of carbonyl (C=O) groups excluding carboxylic acids is 2. The van der Waals surface area contributed by atoms with Gasteiger partial charge in [0.2, 0.25) is 5.91 Å². The second-order valence-electron chi connectivity index (χ2n) is 5.08. The van der Waals surface area contributed by atoms with Gasteiger partial charge in [-0.1, -0.05) is 29.6 Å². The van der Waals surface area contributed by atoms with Gasteiger partial charge in [0.1, 0.15) is 6.29 Å². The summed E-state index contributed by atoms with van der Waals surface area (Å²) >= 11 is 12.0. The molecule has 1 aromatic carbocycles. The van der Waals surface area contributed by atoms with Crippen molar-refractivity contribution in [3.8, 4) is 0 Å². The first-order valence-electron chi connectivity index (χ1n) is 7.13. The number of nitrogens with one attached hydrogen (secondary N) is 1. The zero-order valence-corrected chi connectivity index (χ0v) is 13.7. The van der Waals surface area contributed by atoms with Crippen molar-refractivity contribution in [3.05, 3.63) is 33.8 Å². The maximum Gasteiger partial charge on any atom is 0.237 e. The number of unbranched alkanes of at least 4 members (excludes halogenated alkanes) is 1. The third-order valence-electron chi connectivity index (χ3n) is 3.25. The first kappa shape index (κ1) is 18.9. The molecule has 2 atom stereocenters. The summed E-state index contributed by atoms with van der Waals surface area (Å²) in [5.41, 5.74) is 11.9. The van der Waals surface area contributed by atoms with Crippen LogP contribution in [0.3, 0.4) is 0 Å². The molecule has 0 aliphatic rings. The summed E-state index contributed by atoms with van der Waals surface area (Å²) in [6.07, 6.45) is 3.06. The van der Waals surface area contributed by atoms with Gasteiger partial charge in [-0.2, -0.15) is 0 Å². The summed E-state index contributed by atoms with van der Waals surface area (Å²) in [4.78, 5) is 23.1. The van der Waals surface area contributed by atoms with Crippen molar-refractivity contribution in [1.29, 1.82) is 0 Å². The lowest BCUT2D eigenvalue weighted by molar-refractivity contribution is -0.125. The second kappa shape index (κ2) is 9.79. The molecule has 5 nitrogen and oxygen atoms in total. The molecule has 1 amide bonds. The predicted molar refractivity (Wildman–Crippen MR) is 89.0 cm³/mol. The summed E-state index contributed by atoms with van der Waals surface area (Å²) in [6, 6.07) is 3.65. The van der Waals surface area contributed by atoms with Gasteiger partial charge in [-0.25, -0.2) is 0 Å². The van der Waals surface area contributed by atoms with Gasteiger partial charge in [0.15, 0.2) is 0 Å². The summed E-state index contributed by atoms with van der Waals surface area (Å²) in [6.45, 7) is 0.568. The van der Waals surface area contributed by atoms with E-state index in [9.17, 15) is 9.59 Å². The maximum atomic E-state index is 12.0. The lowest BCUT2D eigenvalue weighted by Crippen LogP contribution is -2.46. The molecule has 0 unspecified atom stereocenters. The van der Waals surface area contributed by atoms with Gasteiger partial charge in [0.05, 0.1) is 12.1 Å². The highest BCUT2D eigenvalue weighted by atomic mass is 35.5. The number of benzene rings is 1. The van der Waals surface area contributed by atoms with Crippen molar-refractivity contribution in [2.24, 2.45) is 11.5 Å². The van der Waals surface area contributed by atoms with Gasteiger partial charge < -0.3 is 21.6 Å². The number of carbonyl (C=O) groups is 2. The number of aldehydes is 1. The Morgan fingerprint density at radius 2 is 2.05 bits per heavy atom. The monoisotopic (exact) mass is 345 g/mol. The molecule has 122 valence electrons. The van der Waals surface area contributed by atoms with Crippen molar-refractivity contribution in [2.75, 3.05) is 6.54 Å². The van der Waals surface area contributed by atoms with Crippen LogP contribution < -0.4 is 16.8 Å². The minimum atomic E-state index is -0.691. The molecule has 0 aliphatic carbocycles.